The largest absolute Gasteiger partial charge is 0.374 e. The Morgan fingerprint density at radius 3 is 2.61 bits per heavy atom. The third-order valence-corrected chi connectivity index (χ3v) is 2.23. The second-order valence-electron chi connectivity index (χ2n) is 3.65. The number of hydrogen-bond acceptors (Lipinski definition) is 3. The number of carbonyl (C=O) groups excluding carboxylic acids is 1. The summed E-state index contributed by atoms with van der Waals surface area (Å²) >= 11 is 0. The molecule has 0 saturated heterocycles. The number of rotatable bonds is 7. The maximum atomic E-state index is 11.7. The van der Waals surface area contributed by atoms with Crippen molar-refractivity contribution in [1.82, 2.24) is 5.32 Å². The van der Waals surface area contributed by atoms with Crippen molar-refractivity contribution in [1.29, 1.82) is 0 Å². The summed E-state index contributed by atoms with van der Waals surface area (Å²) < 4.78 is 28.1. The zero-order valence-electron chi connectivity index (χ0n) is 9.81. The number of nitrogens with two attached hydrogens (primary N) is 1. The minimum Gasteiger partial charge on any atom is -0.374 e. The molecule has 0 radical (unpaired) electrons. The van der Waals surface area contributed by atoms with Gasteiger partial charge in [-0.25, -0.2) is 8.78 Å². The van der Waals surface area contributed by atoms with Crippen LogP contribution in [-0.2, 0) is 9.53 Å². The fraction of sp³-hybridized carbons (Fsp3) is 0.417. The summed E-state index contributed by atoms with van der Waals surface area (Å²) in [5, 5.41) is 2.52. The lowest BCUT2D eigenvalue weighted by molar-refractivity contribution is -0.122. The fourth-order valence-electron chi connectivity index (χ4n) is 1.34. The van der Waals surface area contributed by atoms with Crippen molar-refractivity contribution in [2.75, 3.05) is 19.8 Å². The monoisotopic (exact) mass is 258 g/mol. The van der Waals surface area contributed by atoms with Crippen molar-refractivity contribution < 1.29 is 18.3 Å². The lowest BCUT2D eigenvalue weighted by Gasteiger charge is -2.12. The molecule has 4 nitrogen and oxygen atoms in total. The molecular weight excluding hydrogens is 242 g/mol. The molecule has 0 spiro atoms. The van der Waals surface area contributed by atoms with Gasteiger partial charge in [-0.3, -0.25) is 4.79 Å². The first kappa shape index (κ1) is 14.5. The van der Waals surface area contributed by atoms with Crippen LogP contribution in [0.5, 0.6) is 0 Å². The summed E-state index contributed by atoms with van der Waals surface area (Å²) in [6.07, 6.45) is -2.49. The van der Waals surface area contributed by atoms with E-state index < -0.39 is 19.1 Å². The molecule has 1 aromatic carbocycles. The molecule has 0 aliphatic heterocycles. The van der Waals surface area contributed by atoms with Crippen LogP contribution in [-0.4, -0.2) is 32.1 Å². The quantitative estimate of drug-likeness (QED) is 0.719. The predicted octanol–water partition coefficient (Wildman–Crippen LogP) is 1.08. The second kappa shape index (κ2) is 7.73. The Labute approximate surface area is 104 Å². The molecule has 0 bridgehead atoms. The molecule has 3 N–H and O–H groups in total. The van der Waals surface area contributed by atoms with Crippen LogP contribution in [0.1, 0.15) is 11.6 Å². The molecule has 1 rings (SSSR count). The van der Waals surface area contributed by atoms with Gasteiger partial charge in [0.1, 0.15) is 12.6 Å². The number of benzene rings is 1. The van der Waals surface area contributed by atoms with Crippen LogP contribution in [0.25, 0.3) is 0 Å². The van der Waals surface area contributed by atoms with Gasteiger partial charge in [-0.1, -0.05) is 30.3 Å². The van der Waals surface area contributed by atoms with Crippen molar-refractivity contribution >= 4 is 5.91 Å². The number of alkyl halides is 2. The molecule has 1 amide bonds. The van der Waals surface area contributed by atoms with Crippen LogP contribution >= 0.6 is 0 Å². The molecule has 0 aliphatic rings. The molecule has 6 heteroatoms. The highest BCUT2D eigenvalue weighted by molar-refractivity contribution is 5.82. The minimum absolute atomic E-state index is 0.0393. The normalized spacial score (nSPS) is 12.4. The Kier molecular flexibility index (Phi) is 6.24. The van der Waals surface area contributed by atoms with Gasteiger partial charge >= 0.3 is 0 Å². The summed E-state index contributed by atoms with van der Waals surface area (Å²) in [6, 6.07) is 8.13. The van der Waals surface area contributed by atoms with E-state index in [1.165, 1.54) is 0 Å². The van der Waals surface area contributed by atoms with Crippen LogP contribution in [0.2, 0.25) is 0 Å². The lowest BCUT2D eigenvalue weighted by Crippen LogP contribution is -2.36. The van der Waals surface area contributed by atoms with Gasteiger partial charge in [-0.05, 0) is 5.56 Å². The topological polar surface area (TPSA) is 64.4 Å². The first-order valence-corrected chi connectivity index (χ1v) is 5.55. The van der Waals surface area contributed by atoms with E-state index in [1.807, 2.05) is 6.07 Å². The molecule has 0 saturated carbocycles. The van der Waals surface area contributed by atoms with Gasteiger partial charge < -0.3 is 15.8 Å². The highest BCUT2D eigenvalue weighted by atomic mass is 19.3. The van der Waals surface area contributed by atoms with Crippen LogP contribution in [0, 0.1) is 0 Å². The molecule has 0 heterocycles. The Morgan fingerprint density at radius 1 is 1.33 bits per heavy atom. The molecule has 1 aromatic rings. The average Bonchev–Trinajstić information content (AvgIpc) is 2.38. The van der Waals surface area contributed by atoms with E-state index in [0.29, 0.717) is 5.56 Å². The van der Waals surface area contributed by atoms with Crippen molar-refractivity contribution in [3.05, 3.63) is 35.9 Å². The standard InChI is InChI=1S/C12H16F2N2O2/c13-10(14)8-18-7-6-16-12(17)11(15)9-4-2-1-3-5-9/h1-5,10-11H,6-8,15H2,(H,16,17)/t11-/m0/s1. The zero-order chi connectivity index (χ0) is 13.4. The maximum absolute atomic E-state index is 11.7. The number of amides is 1. The molecule has 0 aromatic heterocycles. The summed E-state index contributed by atoms with van der Waals surface area (Å²) in [5.41, 5.74) is 6.43. The summed E-state index contributed by atoms with van der Waals surface area (Å²) in [6.45, 7) is -0.426. The third kappa shape index (κ3) is 5.20. The highest BCUT2D eigenvalue weighted by Gasteiger charge is 2.14. The van der Waals surface area contributed by atoms with Gasteiger partial charge in [0, 0.05) is 6.54 Å². The van der Waals surface area contributed by atoms with Gasteiger partial charge in [0.2, 0.25) is 5.91 Å². The summed E-state index contributed by atoms with van der Waals surface area (Å²) in [7, 11) is 0. The smallest absolute Gasteiger partial charge is 0.261 e. The number of nitrogens with one attached hydrogen (secondary N) is 1. The Balaban J connectivity index is 2.25. The second-order valence-corrected chi connectivity index (χ2v) is 3.65. The minimum atomic E-state index is -2.49. The van der Waals surface area contributed by atoms with Crippen LogP contribution < -0.4 is 11.1 Å². The molecule has 100 valence electrons. The van der Waals surface area contributed by atoms with E-state index in [9.17, 15) is 13.6 Å². The molecular formula is C12H16F2N2O2. The predicted molar refractivity (Wildman–Crippen MR) is 63.2 cm³/mol. The van der Waals surface area contributed by atoms with E-state index in [-0.39, 0.29) is 19.1 Å². The Bertz CT molecular complexity index is 360. The molecule has 0 fully saturated rings. The van der Waals surface area contributed by atoms with Crippen LogP contribution in [0.15, 0.2) is 30.3 Å². The van der Waals surface area contributed by atoms with Gasteiger partial charge in [0.15, 0.2) is 0 Å². The summed E-state index contributed by atoms with van der Waals surface area (Å²) in [4.78, 5) is 11.6. The van der Waals surface area contributed by atoms with E-state index in [0.717, 1.165) is 0 Å². The third-order valence-electron chi connectivity index (χ3n) is 2.23. The number of halogens is 2. The fourth-order valence-corrected chi connectivity index (χ4v) is 1.34. The Hall–Kier alpha value is -1.53. The van der Waals surface area contributed by atoms with Crippen molar-refractivity contribution in [3.63, 3.8) is 0 Å². The molecule has 0 aliphatic carbocycles. The van der Waals surface area contributed by atoms with Gasteiger partial charge in [-0.15, -0.1) is 0 Å². The van der Waals surface area contributed by atoms with Crippen molar-refractivity contribution in [2.24, 2.45) is 5.73 Å². The van der Waals surface area contributed by atoms with Gasteiger partial charge in [0.05, 0.1) is 6.61 Å². The summed E-state index contributed by atoms with van der Waals surface area (Å²) in [5.74, 6) is -0.359. The Morgan fingerprint density at radius 2 is 2.00 bits per heavy atom. The molecule has 18 heavy (non-hydrogen) atoms. The number of carbonyl (C=O) groups is 1. The number of hydrogen-bond donors (Lipinski definition) is 2. The van der Waals surface area contributed by atoms with Crippen LogP contribution in [0.4, 0.5) is 8.78 Å². The molecule has 1 atom stereocenters. The van der Waals surface area contributed by atoms with E-state index in [1.54, 1.807) is 24.3 Å². The zero-order valence-corrected chi connectivity index (χ0v) is 9.81. The maximum Gasteiger partial charge on any atom is 0.261 e. The molecule has 0 unspecified atom stereocenters. The SMILES string of the molecule is N[C@H](C(=O)NCCOCC(F)F)c1ccccc1. The highest BCUT2D eigenvalue weighted by Crippen LogP contribution is 2.08. The first-order valence-electron chi connectivity index (χ1n) is 5.55. The van der Waals surface area contributed by atoms with Crippen molar-refractivity contribution in [3.8, 4) is 0 Å². The van der Waals surface area contributed by atoms with Gasteiger partial charge in [0.25, 0.3) is 6.43 Å². The van der Waals surface area contributed by atoms with E-state index in [2.05, 4.69) is 10.1 Å². The van der Waals surface area contributed by atoms with Crippen molar-refractivity contribution in [2.45, 2.75) is 12.5 Å². The van der Waals surface area contributed by atoms with E-state index in [4.69, 9.17) is 5.73 Å². The first-order chi connectivity index (χ1) is 8.61. The van der Waals surface area contributed by atoms with Gasteiger partial charge in [-0.2, -0.15) is 0 Å². The number of ether oxygens (including phenoxy) is 1. The average molecular weight is 258 g/mol. The van der Waals surface area contributed by atoms with Crippen LogP contribution in [0.3, 0.4) is 0 Å². The van der Waals surface area contributed by atoms with E-state index >= 15 is 0 Å². The lowest BCUT2D eigenvalue weighted by atomic mass is 10.1.